The molecule has 1 rings (SSSR count). The molecule has 0 aliphatic heterocycles. The van der Waals surface area contributed by atoms with E-state index in [-0.39, 0.29) is 18.4 Å². The van der Waals surface area contributed by atoms with E-state index in [0.29, 0.717) is 25.3 Å². The van der Waals surface area contributed by atoms with Gasteiger partial charge >= 0.3 is 5.97 Å². The number of carbonyl (C=O) groups is 2. The molecule has 3 unspecified atom stereocenters. The number of thioether (sulfide) groups is 1. The number of carboxylic acids is 1. The van der Waals surface area contributed by atoms with Crippen LogP contribution in [0.15, 0.2) is 0 Å². The second-order valence-electron chi connectivity index (χ2n) is 5.28. The second kappa shape index (κ2) is 9.23. The smallest absolute Gasteiger partial charge is 0.307 e. The van der Waals surface area contributed by atoms with Crippen LogP contribution >= 0.6 is 11.8 Å². The molecule has 1 aliphatic rings. The highest BCUT2D eigenvalue weighted by molar-refractivity contribution is 7.99. The van der Waals surface area contributed by atoms with Crippen LogP contribution in [0, 0.1) is 17.8 Å². The Hall–Kier alpha value is -0.750. The molecular formula is C14H25NO4S. The van der Waals surface area contributed by atoms with Crippen molar-refractivity contribution in [1.29, 1.82) is 0 Å². The molecule has 0 aromatic carbocycles. The van der Waals surface area contributed by atoms with Crippen molar-refractivity contribution < 1.29 is 19.8 Å². The van der Waals surface area contributed by atoms with Crippen molar-refractivity contribution >= 4 is 23.6 Å². The van der Waals surface area contributed by atoms with Gasteiger partial charge in [0.25, 0.3) is 0 Å². The molecule has 0 saturated heterocycles. The van der Waals surface area contributed by atoms with E-state index >= 15 is 0 Å². The summed E-state index contributed by atoms with van der Waals surface area (Å²) in [6, 6.07) is 0. The number of carbonyl (C=O) groups excluding carboxylic acids is 1. The van der Waals surface area contributed by atoms with Crippen LogP contribution in [0.4, 0.5) is 0 Å². The van der Waals surface area contributed by atoms with Gasteiger partial charge in [-0.05, 0) is 30.9 Å². The van der Waals surface area contributed by atoms with Gasteiger partial charge in [0.05, 0.1) is 11.8 Å². The lowest BCUT2D eigenvalue weighted by atomic mass is 9.95. The number of hydrogen-bond donors (Lipinski definition) is 3. The molecule has 1 aliphatic carbocycles. The average Bonchev–Trinajstić information content (AvgIpc) is 2.87. The maximum atomic E-state index is 12.1. The zero-order valence-corrected chi connectivity index (χ0v) is 12.8. The van der Waals surface area contributed by atoms with Gasteiger partial charge in [0.2, 0.25) is 5.91 Å². The molecule has 20 heavy (non-hydrogen) atoms. The average molecular weight is 303 g/mol. The van der Waals surface area contributed by atoms with Crippen molar-refractivity contribution in [2.24, 2.45) is 17.8 Å². The van der Waals surface area contributed by atoms with E-state index in [9.17, 15) is 14.7 Å². The lowest BCUT2D eigenvalue weighted by Crippen LogP contribution is -2.36. The summed E-state index contributed by atoms with van der Waals surface area (Å²) < 4.78 is 0. The Morgan fingerprint density at radius 1 is 1.25 bits per heavy atom. The van der Waals surface area contributed by atoms with Gasteiger partial charge in [-0.3, -0.25) is 9.59 Å². The SMILES string of the molecule is CCC1CC(C(=O)O)C(C(=O)NCCSCCCO)C1. The number of nitrogens with one attached hydrogen (secondary N) is 1. The maximum absolute atomic E-state index is 12.1. The molecule has 0 bridgehead atoms. The Morgan fingerprint density at radius 2 is 1.95 bits per heavy atom. The Bertz CT molecular complexity index is 324. The van der Waals surface area contributed by atoms with Gasteiger partial charge in [0, 0.05) is 18.9 Å². The maximum Gasteiger partial charge on any atom is 0.307 e. The quantitative estimate of drug-likeness (QED) is 0.560. The minimum atomic E-state index is -0.849. The van der Waals surface area contributed by atoms with Gasteiger partial charge in [-0.2, -0.15) is 11.8 Å². The number of rotatable bonds is 9. The van der Waals surface area contributed by atoms with Gasteiger partial charge in [-0.1, -0.05) is 13.3 Å². The van der Waals surface area contributed by atoms with Crippen LogP contribution in [0.25, 0.3) is 0 Å². The summed E-state index contributed by atoms with van der Waals surface area (Å²) in [6.07, 6.45) is 3.01. The van der Waals surface area contributed by atoms with E-state index in [1.807, 2.05) is 6.92 Å². The fourth-order valence-corrected chi connectivity index (χ4v) is 3.47. The van der Waals surface area contributed by atoms with Gasteiger partial charge in [-0.25, -0.2) is 0 Å². The van der Waals surface area contributed by atoms with E-state index in [4.69, 9.17) is 5.11 Å². The largest absolute Gasteiger partial charge is 0.481 e. The minimum Gasteiger partial charge on any atom is -0.481 e. The highest BCUT2D eigenvalue weighted by Gasteiger charge is 2.41. The van der Waals surface area contributed by atoms with Crippen LogP contribution in [-0.4, -0.2) is 46.7 Å². The summed E-state index contributed by atoms with van der Waals surface area (Å²) in [7, 11) is 0. The monoisotopic (exact) mass is 303 g/mol. The van der Waals surface area contributed by atoms with Crippen molar-refractivity contribution in [3.8, 4) is 0 Å². The van der Waals surface area contributed by atoms with Gasteiger partial charge in [-0.15, -0.1) is 0 Å². The molecular weight excluding hydrogens is 278 g/mol. The molecule has 0 aromatic heterocycles. The number of hydrogen-bond acceptors (Lipinski definition) is 4. The number of aliphatic carboxylic acids is 1. The summed E-state index contributed by atoms with van der Waals surface area (Å²) in [6.45, 7) is 2.80. The van der Waals surface area contributed by atoms with E-state index < -0.39 is 11.9 Å². The minimum absolute atomic E-state index is 0.115. The summed E-state index contributed by atoms with van der Waals surface area (Å²) in [5.74, 6) is 0.168. The molecule has 1 amide bonds. The van der Waals surface area contributed by atoms with Crippen molar-refractivity contribution in [3.63, 3.8) is 0 Å². The van der Waals surface area contributed by atoms with Crippen LogP contribution in [-0.2, 0) is 9.59 Å². The van der Waals surface area contributed by atoms with E-state index in [0.717, 1.165) is 24.3 Å². The van der Waals surface area contributed by atoms with Crippen LogP contribution in [0.3, 0.4) is 0 Å². The Kier molecular flexibility index (Phi) is 7.99. The van der Waals surface area contributed by atoms with Crippen LogP contribution in [0.5, 0.6) is 0 Å². The molecule has 1 saturated carbocycles. The zero-order valence-electron chi connectivity index (χ0n) is 12.0. The Labute approximate surface area is 124 Å². The third-order valence-electron chi connectivity index (χ3n) is 3.88. The van der Waals surface area contributed by atoms with Crippen LogP contribution in [0.1, 0.15) is 32.6 Å². The highest BCUT2D eigenvalue weighted by Crippen LogP contribution is 2.38. The number of aliphatic hydroxyl groups excluding tert-OH is 1. The first kappa shape index (κ1) is 17.3. The summed E-state index contributed by atoms with van der Waals surface area (Å²) >= 11 is 1.68. The fraction of sp³-hybridized carbons (Fsp3) is 0.857. The summed E-state index contributed by atoms with van der Waals surface area (Å²) in [4.78, 5) is 23.3. The first-order chi connectivity index (χ1) is 9.60. The lowest BCUT2D eigenvalue weighted by Gasteiger charge is -2.15. The van der Waals surface area contributed by atoms with E-state index in [2.05, 4.69) is 5.32 Å². The zero-order chi connectivity index (χ0) is 15.0. The topological polar surface area (TPSA) is 86.6 Å². The first-order valence-corrected chi connectivity index (χ1v) is 8.44. The van der Waals surface area contributed by atoms with Crippen molar-refractivity contribution in [2.75, 3.05) is 24.7 Å². The van der Waals surface area contributed by atoms with Crippen LogP contribution < -0.4 is 5.32 Å². The van der Waals surface area contributed by atoms with Gasteiger partial charge in [0.15, 0.2) is 0 Å². The molecule has 1 fully saturated rings. The third kappa shape index (κ3) is 5.32. The van der Waals surface area contributed by atoms with Gasteiger partial charge in [0.1, 0.15) is 0 Å². The van der Waals surface area contributed by atoms with Crippen LogP contribution in [0.2, 0.25) is 0 Å². The molecule has 0 spiro atoms. The molecule has 0 aromatic rings. The number of aliphatic hydroxyl groups is 1. The molecule has 0 heterocycles. The van der Waals surface area contributed by atoms with Crippen molar-refractivity contribution in [1.82, 2.24) is 5.32 Å². The number of carboxylic acid groups (broad SMARTS) is 1. The molecule has 3 N–H and O–H groups in total. The Balaban J connectivity index is 2.32. The van der Waals surface area contributed by atoms with Gasteiger partial charge < -0.3 is 15.5 Å². The summed E-state index contributed by atoms with van der Waals surface area (Å²) in [5, 5.41) is 20.7. The van der Waals surface area contributed by atoms with E-state index in [1.165, 1.54) is 0 Å². The van der Waals surface area contributed by atoms with Crippen molar-refractivity contribution in [3.05, 3.63) is 0 Å². The first-order valence-electron chi connectivity index (χ1n) is 7.29. The third-order valence-corrected chi connectivity index (χ3v) is 4.95. The molecule has 6 heteroatoms. The molecule has 116 valence electrons. The normalized spacial score (nSPS) is 25.6. The summed E-state index contributed by atoms with van der Waals surface area (Å²) in [5.41, 5.74) is 0. The van der Waals surface area contributed by atoms with E-state index in [1.54, 1.807) is 11.8 Å². The molecule has 5 nitrogen and oxygen atoms in total. The highest BCUT2D eigenvalue weighted by atomic mass is 32.2. The Morgan fingerprint density at radius 3 is 2.55 bits per heavy atom. The predicted octanol–water partition coefficient (Wildman–Crippen LogP) is 1.36. The molecule has 0 radical (unpaired) electrons. The number of amides is 1. The van der Waals surface area contributed by atoms with Crippen molar-refractivity contribution in [2.45, 2.75) is 32.6 Å². The molecule has 3 atom stereocenters. The fourth-order valence-electron chi connectivity index (χ4n) is 2.69. The second-order valence-corrected chi connectivity index (χ2v) is 6.50. The lowest BCUT2D eigenvalue weighted by molar-refractivity contribution is -0.146. The standard InChI is InChI=1S/C14H25NO4S/c1-2-10-8-11(12(9-10)14(18)19)13(17)15-4-7-20-6-3-5-16/h10-12,16H,2-9H2,1H3,(H,15,17)(H,18,19). The predicted molar refractivity (Wildman–Crippen MR) is 79.7 cm³/mol.